The van der Waals surface area contributed by atoms with Gasteiger partial charge in [-0.2, -0.15) is 9.97 Å². The number of hydrogen-bond donors (Lipinski definition) is 2. The van der Waals surface area contributed by atoms with Crippen LogP contribution in [0.5, 0.6) is 52.5 Å². The maximum Gasteiger partial charge on any atom is 0.322 e. The number of ether oxygens (including phenoxy) is 9. The van der Waals surface area contributed by atoms with Crippen molar-refractivity contribution in [2.45, 2.75) is 110 Å². The van der Waals surface area contributed by atoms with Crippen molar-refractivity contribution in [3.63, 3.8) is 0 Å². The number of rotatable bonds is 22. The summed E-state index contributed by atoms with van der Waals surface area (Å²) in [4.78, 5) is 35.2. The molecule has 1 unspecified atom stereocenters. The number of hydrogen-bond acceptors (Lipinski definition) is 14. The fourth-order valence-electron chi connectivity index (χ4n) is 9.08. The molecule has 0 spiro atoms. The Bertz CT molecular complexity index is 2710. The molecule has 0 saturated heterocycles. The number of aromatic nitrogens is 2. The minimum Gasteiger partial charge on any atom is -0.497 e. The van der Waals surface area contributed by atoms with E-state index in [2.05, 4.69) is 105 Å². The van der Waals surface area contributed by atoms with Gasteiger partial charge in [0.1, 0.15) is 34.4 Å². The van der Waals surface area contributed by atoms with Gasteiger partial charge >= 0.3 is 6.01 Å². The quantitative estimate of drug-likeness (QED) is 0.0625. The third-order valence-electron chi connectivity index (χ3n) is 12.1. The lowest BCUT2D eigenvalue weighted by Crippen LogP contribution is -2.40. The summed E-state index contributed by atoms with van der Waals surface area (Å²) in [5.41, 5.74) is 4.34. The third kappa shape index (κ3) is 13.4. The molecule has 0 aliphatic carbocycles. The number of benzene rings is 3. The van der Waals surface area contributed by atoms with Gasteiger partial charge in [0.2, 0.25) is 18.1 Å². The molecule has 0 saturated carbocycles. The summed E-state index contributed by atoms with van der Waals surface area (Å²) in [6.07, 6.45) is 1.98. The summed E-state index contributed by atoms with van der Waals surface area (Å²) < 4.78 is 58.2. The van der Waals surface area contributed by atoms with Crippen molar-refractivity contribution < 1.29 is 56.6 Å². The van der Waals surface area contributed by atoms with Crippen LogP contribution in [0.2, 0.25) is 44.8 Å². The number of carbonyl (C=O) groups is 2. The second-order valence-electron chi connectivity index (χ2n) is 21.0. The molecule has 0 bridgehead atoms. The van der Waals surface area contributed by atoms with Gasteiger partial charge in [-0.1, -0.05) is 84.7 Å². The largest absolute Gasteiger partial charge is 0.497 e. The number of furan rings is 1. The predicted molar refractivity (Wildman–Crippen MR) is 279 cm³/mol. The van der Waals surface area contributed by atoms with Gasteiger partial charge in [0.15, 0.2) is 17.2 Å². The van der Waals surface area contributed by atoms with E-state index < -0.39 is 34.3 Å². The second-order valence-corrected chi connectivity index (χ2v) is 31.4. The van der Waals surface area contributed by atoms with Crippen LogP contribution in [0.15, 0.2) is 76.9 Å². The van der Waals surface area contributed by atoms with Crippen LogP contribution in [0.3, 0.4) is 0 Å². The highest BCUT2D eigenvalue weighted by atomic mass is 28.3. The van der Waals surface area contributed by atoms with Crippen molar-refractivity contribution in [2.24, 2.45) is 0 Å². The molecule has 1 aliphatic rings. The molecule has 2 aromatic heterocycles. The van der Waals surface area contributed by atoms with E-state index in [0.717, 1.165) is 34.5 Å². The Kier molecular flexibility index (Phi) is 16.5. The normalized spacial score (nSPS) is 13.9. The third-order valence-corrected chi connectivity index (χ3v) is 16.8. The monoisotopic (exact) mass is 1010 g/mol. The lowest BCUT2D eigenvalue weighted by Gasteiger charge is -2.34. The summed E-state index contributed by atoms with van der Waals surface area (Å²) in [5, 5.41) is 5.63. The minimum atomic E-state index is -2.09. The highest BCUT2D eigenvalue weighted by Gasteiger charge is 2.35. The fourth-order valence-corrected chi connectivity index (χ4v) is 15.2. The highest BCUT2D eigenvalue weighted by Crippen LogP contribution is 2.42. The van der Waals surface area contributed by atoms with E-state index in [1.165, 1.54) is 47.2 Å². The van der Waals surface area contributed by atoms with E-state index in [1.54, 1.807) is 24.3 Å². The van der Waals surface area contributed by atoms with Crippen LogP contribution in [0.4, 0.5) is 11.4 Å². The zero-order valence-electron chi connectivity index (χ0n) is 44.1. The van der Waals surface area contributed by atoms with Crippen molar-refractivity contribution in [1.82, 2.24) is 9.97 Å². The summed E-state index contributed by atoms with van der Waals surface area (Å²) >= 11 is 0. The SMILES string of the molecule is COc1nc(OC)c(NC(=O)c2ccc(Oc3cc(C(C)(C)C[Si](C)(C)COc4cc(OC)c(NC(=O)C5=CCC(Oc6cc(C(C)(C)C[Si](C)(C)C)ccc6C)O5)c(OC)c4)ccc3C)o2)c(OC)n1. The van der Waals surface area contributed by atoms with E-state index >= 15 is 0 Å². The first-order valence-corrected chi connectivity index (χ1v) is 30.6. The van der Waals surface area contributed by atoms with Gasteiger partial charge in [-0.15, -0.1) is 0 Å². The maximum atomic E-state index is 13.7. The predicted octanol–water partition coefficient (Wildman–Crippen LogP) is 11.6. The second kappa shape index (κ2) is 21.8. The van der Waals surface area contributed by atoms with Crippen LogP contribution in [0, 0.1) is 13.8 Å². The molecule has 0 fully saturated rings. The van der Waals surface area contributed by atoms with Crippen molar-refractivity contribution in [1.29, 1.82) is 0 Å². The van der Waals surface area contributed by atoms with Crippen LogP contribution in [0.25, 0.3) is 0 Å². The molecule has 71 heavy (non-hydrogen) atoms. The van der Waals surface area contributed by atoms with Gasteiger partial charge in [-0.25, -0.2) is 0 Å². The first-order valence-electron chi connectivity index (χ1n) is 23.5. The topological polar surface area (TPSA) is 180 Å². The van der Waals surface area contributed by atoms with Crippen molar-refractivity contribution >= 4 is 39.3 Å². The van der Waals surface area contributed by atoms with Gasteiger partial charge in [0.05, 0.1) is 49.9 Å². The molecular weight excluding hydrogens is 941 g/mol. The van der Waals surface area contributed by atoms with Gasteiger partial charge in [-0.05, 0) is 83.3 Å². The number of nitrogens with zero attached hydrogens (tertiary/aromatic N) is 2. The molecule has 2 amide bonds. The summed E-state index contributed by atoms with van der Waals surface area (Å²) in [6.45, 7) is 24.7. The zero-order valence-corrected chi connectivity index (χ0v) is 46.1. The fraction of sp³-hybridized carbons (Fsp3) is 0.434. The van der Waals surface area contributed by atoms with E-state index in [9.17, 15) is 9.59 Å². The van der Waals surface area contributed by atoms with Crippen LogP contribution in [-0.2, 0) is 20.4 Å². The first-order chi connectivity index (χ1) is 33.4. The zero-order chi connectivity index (χ0) is 52.1. The van der Waals surface area contributed by atoms with Crippen LogP contribution >= 0.6 is 0 Å². The van der Waals surface area contributed by atoms with Crippen molar-refractivity contribution in [2.75, 3.05) is 52.4 Å². The first kappa shape index (κ1) is 53.7. The van der Waals surface area contributed by atoms with Crippen molar-refractivity contribution in [3.05, 3.63) is 101 Å². The lowest BCUT2D eigenvalue weighted by atomic mass is 9.86. The summed E-state index contributed by atoms with van der Waals surface area (Å²) in [6, 6.07) is 21.1. The number of methoxy groups -OCH3 is 5. The Morgan fingerprint density at radius 3 is 1.80 bits per heavy atom. The number of anilines is 2. The van der Waals surface area contributed by atoms with Crippen LogP contribution in [-0.4, -0.2) is 86.0 Å². The molecule has 18 heteroatoms. The van der Waals surface area contributed by atoms with Crippen molar-refractivity contribution in [3.8, 4) is 52.5 Å². The van der Waals surface area contributed by atoms with Gasteiger partial charge in [0.25, 0.3) is 17.8 Å². The van der Waals surface area contributed by atoms with Gasteiger partial charge in [0, 0.05) is 32.7 Å². The number of carbonyl (C=O) groups excluding carboxylic acids is 2. The molecule has 2 N–H and O–H groups in total. The molecule has 0 radical (unpaired) electrons. The average molecular weight is 1010 g/mol. The summed E-state index contributed by atoms with van der Waals surface area (Å²) in [7, 11) is 3.85. The minimum absolute atomic E-state index is 0.00135. The summed E-state index contributed by atoms with van der Waals surface area (Å²) in [5.74, 6) is 1.92. The Morgan fingerprint density at radius 1 is 0.676 bits per heavy atom. The molecule has 1 aliphatic heterocycles. The molecule has 6 rings (SSSR count). The molecule has 3 aromatic carbocycles. The average Bonchev–Trinajstić information content (AvgIpc) is 3.99. The maximum absolute atomic E-state index is 13.7. The Hall–Kier alpha value is -6.67. The lowest BCUT2D eigenvalue weighted by molar-refractivity contribution is -0.119. The molecule has 16 nitrogen and oxygen atoms in total. The standard InChI is InChI=1S/C53H70N4O12Si2/c1-32-17-19-34(52(3,4)29-70(12,13)14)25-39(32)68-43-23-21-37(66-43)47(58)54-45-41(60-7)27-36(28-42(45)61-8)65-31-71(15,16)30-53(5,6)35-20-18-33(2)40(26-35)69-44-24-22-38(67-44)48(59)55-46-49(62-9)56-51(64-11)57-50(46)63-10/h17-22,24-28,43H,23,29-31H2,1-16H3,(H,54,58)(H,55,59). The number of nitrogens with one attached hydrogen (secondary N) is 2. The Morgan fingerprint density at radius 2 is 1.24 bits per heavy atom. The number of aryl methyl sites for hydroxylation is 2. The van der Waals surface area contributed by atoms with E-state index in [-0.39, 0.29) is 51.8 Å². The van der Waals surface area contributed by atoms with Crippen LogP contribution in [0.1, 0.15) is 66.9 Å². The molecular formula is C53H70N4O12Si2. The smallest absolute Gasteiger partial charge is 0.322 e. The number of amides is 2. The van der Waals surface area contributed by atoms with E-state index in [0.29, 0.717) is 41.3 Å². The molecule has 382 valence electrons. The van der Waals surface area contributed by atoms with E-state index in [4.69, 9.17) is 47.0 Å². The highest BCUT2D eigenvalue weighted by molar-refractivity contribution is 6.77. The molecule has 5 aromatic rings. The molecule has 3 heterocycles. The van der Waals surface area contributed by atoms with Crippen LogP contribution < -0.4 is 48.5 Å². The molecule has 1 atom stereocenters. The van der Waals surface area contributed by atoms with Gasteiger partial charge in [-0.3, -0.25) is 9.59 Å². The van der Waals surface area contributed by atoms with Gasteiger partial charge < -0.3 is 57.7 Å². The van der Waals surface area contributed by atoms with E-state index in [1.807, 2.05) is 26.0 Å². The Balaban J connectivity index is 1.07. The Labute approximate surface area is 419 Å².